The lowest BCUT2D eigenvalue weighted by molar-refractivity contribution is 0.0980. The molecule has 0 amide bonds. The molecular weight excluding hydrogens is 266 g/mol. The molecule has 0 bridgehead atoms. The first-order chi connectivity index (χ1) is 8.93. The second-order valence-electron chi connectivity index (χ2n) is 5.37. The number of hydrogen-bond acceptors (Lipinski definition) is 4. The summed E-state index contributed by atoms with van der Waals surface area (Å²) in [6, 6.07) is 7.01. The monoisotopic (exact) mass is 287 g/mol. The van der Waals surface area contributed by atoms with Crippen LogP contribution in [0.3, 0.4) is 0 Å². The molecule has 1 rings (SSSR count). The number of nitrogens with one attached hydrogen (secondary N) is 1. The van der Waals surface area contributed by atoms with Crippen molar-refractivity contribution in [2.24, 2.45) is 5.41 Å². The molecule has 0 fully saturated rings. The molecular formula is C14H22ClNO3. The highest BCUT2D eigenvalue weighted by Crippen LogP contribution is 2.15. The fourth-order valence-electron chi connectivity index (χ4n) is 1.42. The number of hydrogen-bond donors (Lipinski definition) is 3. The van der Waals surface area contributed by atoms with Crippen LogP contribution in [0.4, 0.5) is 0 Å². The fraction of sp³-hybridized carbons (Fsp3) is 0.571. The van der Waals surface area contributed by atoms with Gasteiger partial charge in [-0.1, -0.05) is 25.4 Å². The summed E-state index contributed by atoms with van der Waals surface area (Å²) in [4.78, 5) is 0. The van der Waals surface area contributed by atoms with Gasteiger partial charge in [0.1, 0.15) is 18.5 Å². The summed E-state index contributed by atoms with van der Waals surface area (Å²) in [5.41, 5.74) is -0.184. The minimum absolute atomic E-state index is 0.109. The Morgan fingerprint density at radius 3 is 2.53 bits per heavy atom. The van der Waals surface area contributed by atoms with Crippen LogP contribution in [0.2, 0.25) is 5.02 Å². The van der Waals surface area contributed by atoms with Gasteiger partial charge in [-0.3, -0.25) is 0 Å². The van der Waals surface area contributed by atoms with E-state index in [0.717, 1.165) is 0 Å². The van der Waals surface area contributed by atoms with Gasteiger partial charge in [0.2, 0.25) is 0 Å². The maximum atomic E-state index is 9.76. The topological polar surface area (TPSA) is 61.7 Å². The number of benzene rings is 1. The van der Waals surface area contributed by atoms with E-state index in [-0.39, 0.29) is 18.6 Å². The summed E-state index contributed by atoms with van der Waals surface area (Å²) >= 11 is 5.76. The first kappa shape index (κ1) is 16.2. The Balaban J connectivity index is 2.21. The van der Waals surface area contributed by atoms with Crippen LogP contribution in [0.5, 0.6) is 5.75 Å². The zero-order valence-electron chi connectivity index (χ0n) is 11.4. The highest BCUT2D eigenvalue weighted by Gasteiger charge is 2.16. The van der Waals surface area contributed by atoms with Gasteiger partial charge in [-0.15, -0.1) is 0 Å². The van der Waals surface area contributed by atoms with Crippen molar-refractivity contribution in [1.29, 1.82) is 0 Å². The maximum absolute atomic E-state index is 9.76. The summed E-state index contributed by atoms with van der Waals surface area (Å²) in [5, 5.41) is 22.6. The lowest BCUT2D eigenvalue weighted by atomic mass is 9.95. The molecule has 0 aliphatic rings. The Morgan fingerprint density at radius 2 is 1.95 bits per heavy atom. The Labute approximate surface area is 119 Å². The van der Waals surface area contributed by atoms with Crippen molar-refractivity contribution in [1.82, 2.24) is 5.32 Å². The molecule has 0 aliphatic carbocycles. The van der Waals surface area contributed by atoms with Crippen LogP contribution in [-0.4, -0.2) is 42.6 Å². The molecule has 1 unspecified atom stereocenters. The molecule has 1 aromatic rings. The van der Waals surface area contributed by atoms with Crippen molar-refractivity contribution in [3.63, 3.8) is 0 Å². The van der Waals surface area contributed by atoms with Gasteiger partial charge >= 0.3 is 0 Å². The van der Waals surface area contributed by atoms with Gasteiger partial charge in [0, 0.05) is 30.1 Å². The summed E-state index contributed by atoms with van der Waals surface area (Å²) in [7, 11) is 0. The third kappa shape index (κ3) is 6.78. The van der Waals surface area contributed by atoms with Gasteiger partial charge < -0.3 is 20.3 Å². The van der Waals surface area contributed by atoms with E-state index in [2.05, 4.69) is 5.32 Å². The molecule has 19 heavy (non-hydrogen) atoms. The zero-order chi connectivity index (χ0) is 14.3. The highest BCUT2D eigenvalue weighted by molar-refractivity contribution is 6.30. The second kappa shape index (κ2) is 7.70. The van der Waals surface area contributed by atoms with Crippen molar-refractivity contribution in [3.05, 3.63) is 29.3 Å². The van der Waals surface area contributed by atoms with Crippen LogP contribution >= 0.6 is 11.6 Å². The van der Waals surface area contributed by atoms with E-state index in [0.29, 0.717) is 23.9 Å². The summed E-state index contributed by atoms with van der Waals surface area (Å²) in [6.45, 7) is 5.30. The summed E-state index contributed by atoms with van der Waals surface area (Å²) in [5.74, 6) is 0.680. The molecule has 1 aromatic carbocycles. The standard InChI is InChI=1S/C14H22ClNO3/c1-14(2,10-17)9-16-7-12(18)8-19-13-5-3-11(15)4-6-13/h3-6,12,16-18H,7-10H2,1-2H3. The van der Waals surface area contributed by atoms with Crippen LogP contribution in [0.15, 0.2) is 24.3 Å². The number of aliphatic hydroxyl groups excluding tert-OH is 2. The van der Waals surface area contributed by atoms with E-state index < -0.39 is 6.10 Å². The van der Waals surface area contributed by atoms with Gasteiger partial charge in [-0.2, -0.15) is 0 Å². The van der Waals surface area contributed by atoms with Crippen LogP contribution in [0, 0.1) is 5.41 Å². The molecule has 0 aliphatic heterocycles. The Hall–Kier alpha value is -0.810. The van der Waals surface area contributed by atoms with Crippen LogP contribution in [-0.2, 0) is 0 Å². The minimum Gasteiger partial charge on any atom is -0.491 e. The van der Waals surface area contributed by atoms with E-state index in [9.17, 15) is 5.11 Å². The van der Waals surface area contributed by atoms with Gasteiger partial charge in [0.25, 0.3) is 0 Å². The number of rotatable bonds is 8. The summed E-state index contributed by atoms with van der Waals surface area (Å²) in [6.07, 6.45) is -0.592. The van der Waals surface area contributed by atoms with Crippen LogP contribution in [0.25, 0.3) is 0 Å². The quantitative estimate of drug-likeness (QED) is 0.681. The Kier molecular flexibility index (Phi) is 6.58. The maximum Gasteiger partial charge on any atom is 0.119 e. The van der Waals surface area contributed by atoms with Crippen molar-refractivity contribution in [3.8, 4) is 5.75 Å². The van der Waals surface area contributed by atoms with Crippen molar-refractivity contribution >= 4 is 11.6 Å². The highest BCUT2D eigenvalue weighted by atomic mass is 35.5. The average molecular weight is 288 g/mol. The normalized spacial score (nSPS) is 13.3. The number of halogens is 1. The second-order valence-corrected chi connectivity index (χ2v) is 5.81. The number of aliphatic hydroxyl groups is 2. The predicted octanol–water partition coefficient (Wildman–Crippen LogP) is 1.69. The van der Waals surface area contributed by atoms with E-state index in [1.165, 1.54) is 0 Å². The zero-order valence-corrected chi connectivity index (χ0v) is 12.2. The molecule has 108 valence electrons. The summed E-state index contributed by atoms with van der Waals surface area (Å²) < 4.78 is 5.43. The lowest BCUT2D eigenvalue weighted by Crippen LogP contribution is -2.38. The van der Waals surface area contributed by atoms with Gasteiger partial charge in [-0.25, -0.2) is 0 Å². The first-order valence-corrected chi connectivity index (χ1v) is 6.69. The van der Waals surface area contributed by atoms with E-state index in [4.69, 9.17) is 21.4 Å². The molecule has 3 N–H and O–H groups in total. The molecule has 0 heterocycles. The largest absolute Gasteiger partial charge is 0.491 e. The molecule has 0 spiro atoms. The molecule has 0 saturated heterocycles. The van der Waals surface area contributed by atoms with Crippen LogP contribution < -0.4 is 10.1 Å². The molecule has 5 heteroatoms. The van der Waals surface area contributed by atoms with E-state index in [1.807, 2.05) is 13.8 Å². The smallest absolute Gasteiger partial charge is 0.119 e. The average Bonchev–Trinajstić information content (AvgIpc) is 2.38. The fourth-order valence-corrected chi connectivity index (χ4v) is 1.54. The molecule has 0 aromatic heterocycles. The molecule has 4 nitrogen and oxygen atoms in total. The molecule has 1 atom stereocenters. The lowest BCUT2D eigenvalue weighted by Gasteiger charge is -2.23. The van der Waals surface area contributed by atoms with Crippen molar-refractivity contribution in [2.45, 2.75) is 20.0 Å². The SMILES string of the molecule is CC(C)(CO)CNCC(O)COc1ccc(Cl)cc1. The Morgan fingerprint density at radius 1 is 1.32 bits per heavy atom. The molecule has 0 saturated carbocycles. The third-order valence-corrected chi connectivity index (χ3v) is 2.92. The van der Waals surface area contributed by atoms with Crippen molar-refractivity contribution < 1.29 is 14.9 Å². The number of ether oxygens (including phenoxy) is 1. The van der Waals surface area contributed by atoms with Gasteiger partial charge in [0.05, 0.1) is 0 Å². The predicted molar refractivity (Wildman–Crippen MR) is 76.7 cm³/mol. The third-order valence-electron chi connectivity index (χ3n) is 2.67. The Bertz CT molecular complexity index is 367. The molecule has 0 radical (unpaired) electrons. The minimum atomic E-state index is -0.592. The van der Waals surface area contributed by atoms with E-state index >= 15 is 0 Å². The van der Waals surface area contributed by atoms with Gasteiger partial charge in [0.15, 0.2) is 0 Å². The van der Waals surface area contributed by atoms with Crippen molar-refractivity contribution in [2.75, 3.05) is 26.3 Å². The van der Waals surface area contributed by atoms with Crippen LogP contribution in [0.1, 0.15) is 13.8 Å². The van der Waals surface area contributed by atoms with Gasteiger partial charge in [-0.05, 0) is 24.3 Å². The van der Waals surface area contributed by atoms with E-state index in [1.54, 1.807) is 24.3 Å². The first-order valence-electron chi connectivity index (χ1n) is 6.31.